The minimum atomic E-state index is -0.518. The Bertz CT molecular complexity index is 1120. The molecule has 0 spiro atoms. The van der Waals surface area contributed by atoms with E-state index in [9.17, 15) is 5.11 Å². The molecule has 0 bridgehead atoms. The topological polar surface area (TPSA) is 47.3 Å². The van der Waals surface area contributed by atoms with Crippen molar-refractivity contribution in [2.75, 3.05) is 7.11 Å². The van der Waals surface area contributed by atoms with Crippen LogP contribution in [0.15, 0.2) is 67.0 Å². The van der Waals surface area contributed by atoms with Crippen molar-refractivity contribution in [3.8, 4) is 22.6 Å². The van der Waals surface area contributed by atoms with Gasteiger partial charge in [-0.3, -0.25) is 4.57 Å². The van der Waals surface area contributed by atoms with Crippen LogP contribution in [0.3, 0.4) is 0 Å². The Kier molecular flexibility index (Phi) is 4.60. The summed E-state index contributed by atoms with van der Waals surface area (Å²) in [5, 5.41) is 10.4. The summed E-state index contributed by atoms with van der Waals surface area (Å²) in [5.74, 6) is 0.733. The monoisotopic (exact) mass is 378 g/mol. The van der Waals surface area contributed by atoms with Crippen molar-refractivity contribution < 1.29 is 9.84 Å². The number of fused-ring (bicyclic) bond motifs is 1. The zero-order valence-electron chi connectivity index (χ0n) is 15.1. The molecule has 1 atom stereocenters. The molecule has 0 saturated heterocycles. The van der Waals surface area contributed by atoms with Gasteiger partial charge in [-0.1, -0.05) is 35.9 Å². The lowest BCUT2D eigenvalue weighted by atomic mass is 10.0. The van der Waals surface area contributed by atoms with Gasteiger partial charge in [0, 0.05) is 11.3 Å². The lowest BCUT2D eigenvalue weighted by molar-refractivity contribution is 0.199. The first-order valence-electron chi connectivity index (χ1n) is 8.67. The molecule has 0 aliphatic carbocycles. The van der Waals surface area contributed by atoms with Gasteiger partial charge in [0.2, 0.25) is 0 Å². The Labute approximate surface area is 162 Å². The molecule has 0 radical (unpaired) electrons. The van der Waals surface area contributed by atoms with Gasteiger partial charge < -0.3 is 9.84 Å². The van der Waals surface area contributed by atoms with Crippen molar-refractivity contribution in [2.45, 2.75) is 13.0 Å². The van der Waals surface area contributed by atoms with Crippen molar-refractivity contribution >= 4 is 22.6 Å². The predicted octanol–water partition coefficient (Wildman–Crippen LogP) is 5.41. The fraction of sp³-hybridized carbons (Fsp3) is 0.136. The van der Waals surface area contributed by atoms with Crippen LogP contribution in [0.2, 0.25) is 5.02 Å². The fourth-order valence-electron chi connectivity index (χ4n) is 3.26. The van der Waals surface area contributed by atoms with E-state index < -0.39 is 6.10 Å². The molecule has 0 saturated carbocycles. The molecule has 4 nitrogen and oxygen atoms in total. The van der Waals surface area contributed by atoms with Gasteiger partial charge in [0.15, 0.2) is 0 Å². The van der Waals surface area contributed by atoms with E-state index in [-0.39, 0.29) is 0 Å². The predicted molar refractivity (Wildman–Crippen MR) is 109 cm³/mol. The molecule has 0 aliphatic rings. The standard InChI is InChI=1S/C22H19ClN2O2/c1-14(26)15-9-10-20-19(12-15)24-13-25(20)17-6-3-5-16(11-17)22-18(23)7-4-8-21(22)27-2/h3-14,26H,1-2H3/t14-/m1/s1. The maximum Gasteiger partial charge on any atom is 0.128 e. The third-order valence-corrected chi connectivity index (χ3v) is 4.98. The number of halogens is 1. The average Bonchev–Trinajstić information content (AvgIpc) is 3.11. The number of hydrogen-bond donors (Lipinski definition) is 1. The third kappa shape index (κ3) is 3.18. The molecular formula is C22H19ClN2O2. The van der Waals surface area contributed by atoms with E-state index in [1.165, 1.54) is 0 Å². The van der Waals surface area contributed by atoms with E-state index in [0.29, 0.717) is 5.02 Å². The van der Waals surface area contributed by atoms with Crippen LogP contribution in [0, 0.1) is 0 Å². The van der Waals surface area contributed by atoms with Crippen LogP contribution < -0.4 is 4.74 Å². The fourth-order valence-corrected chi connectivity index (χ4v) is 3.54. The Hall–Kier alpha value is -2.82. The maximum absolute atomic E-state index is 9.79. The van der Waals surface area contributed by atoms with Crippen LogP contribution in [0.4, 0.5) is 0 Å². The summed E-state index contributed by atoms with van der Waals surface area (Å²) in [4.78, 5) is 4.49. The normalized spacial score (nSPS) is 12.3. The molecule has 0 fully saturated rings. The molecule has 0 unspecified atom stereocenters. The van der Waals surface area contributed by atoms with E-state index in [2.05, 4.69) is 11.1 Å². The number of benzene rings is 3. The van der Waals surface area contributed by atoms with Gasteiger partial charge in [0.05, 0.1) is 29.3 Å². The summed E-state index contributed by atoms with van der Waals surface area (Å²) in [5.41, 5.74) is 5.47. The molecule has 27 heavy (non-hydrogen) atoms. The molecule has 0 amide bonds. The quantitative estimate of drug-likeness (QED) is 0.516. The van der Waals surface area contributed by atoms with Gasteiger partial charge in [-0.25, -0.2) is 4.98 Å². The minimum absolute atomic E-state index is 0.518. The summed E-state index contributed by atoms with van der Waals surface area (Å²) in [6, 6.07) is 19.5. The largest absolute Gasteiger partial charge is 0.496 e. The molecule has 4 rings (SSSR count). The number of aliphatic hydroxyl groups is 1. The van der Waals surface area contributed by atoms with Crippen molar-refractivity contribution in [3.05, 3.63) is 77.6 Å². The number of ether oxygens (including phenoxy) is 1. The van der Waals surface area contributed by atoms with Gasteiger partial charge in [-0.05, 0) is 54.4 Å². The van der Waals surface area contributed by atoms with Crippen molar-refractivity contribution in [3.63, 3.8) is 0 Å². The van der Waals surface area contributed by atoms with E-state index in [0.717, 1.165) is 39.2 Å². The summed E-state index contributed by atoms with van der Waals surface area (Å²) in [6.07, 6.45) is 1.27. The van der Waals surface area contributed by atoms with Crippen LogP contribution in [0.5, 0.6) is 5.75 Å². The first kappa shape index (κ1) is 17.6. The number of rotatable bonds is 4. The van der Waals surface area contributed by atoms with Gasteiger partial charge >= 0.3 is 0 Å². The first-order chi connectivity index (χ1) is 13.1. The number of nitrogens with zero attached hydrogens (tertiary/aromatic N) is 2. The minimum Gasteiger partial charge on any atom is -0.496 e. The Balaban J connectivity index is 1.84. The number of aliphatic hydroxyl groups excluding tert-OH is 1. The number of imidazole rings is 1. The van der Waals surface area contributed by atoms with Crippen LogP contribution in [-0.2, 0) is 0 Å². The summed E-state index contributed by atoms with van der Waals surface area (Å²) in [6.45, 7) is 1.75. The van der Waals surface area contributed by atoms with Crippen LogP contribution in [0.1, 0.15) is 18.6 Å². The summed E-state index contributed by atoms with van der Waals surface area (Å²) < 4.78 is 7.51. The van der Waals surface area contributed by atoms with Gasteiger partial charge in [-0.15, -0.1) is 0 Å². The second-order valence-electron chi connectivity index (χ2n) is 6.41. The molecule has 136 valence electrons. The lowest BCUT2D eigenvalue weighted by Gasteiger charge is -2.12. The number of hydrogen-bond acceptors (Lipinski definition) is 3. The summed E-state index contributed by atoms with van der Waals surface area (Å²) in [7, 11) is 1.64. The highest BCUT2D eigenvalue weighted by molar-refractivity contribution is 6.33. The lowest BCUT2D eigenvalue weighted by Crippen LogP contribution is -1.95. The third-order valence-electron chi connectivity index (χ3n) is 4.66. The van der Waals surface area contributed by atoms with Crippen molar-refractivity contribution in [2.24, 2.45) is 0 Å². The van der Waals surface area contributed by atoms with Gasteiger partial charge in [-0.2, -0.15) is 0 Å². The van der Waals surface area contributed by atoms with E-state index >= 15 is 0 Å². The van der Waals surface area contributed by atoms with Crippen LogP contribution in [0.25, 0.3) is 27.8 Å². The van der Waals surface area contributed by atoms with Crippen LogP contribution >= 0.6 is 11.6 Å². The number of methoxy groups -OCH3 is 1. The molecule has 1 heterocycles. The summed E-state index contributed by atoms with van der Waals surface area (Å²) >= 11 is 6.44. The first-order valence-corrected chi connectivity index (χ1v) is 9.04. The second-order valence-corrected chi connectivity index (χ2v) is 6.81. The highest BCUT2D eigenvalue weighted by Crippen LogP contribution is 2.37. The van der Waals surface area contributed by atoms with Crippen molar-refractivity contribution in [1.82, 2.24) is 9.55 Å². The van der Waals surface area contributed by atoms with E-state index in [1.54, 1.807) is 20.4 Å². The maximum atomic E-state index is 9.79. The number of aromatic nitrogens is 2. The molecule has 4 aromatic rings. The van der Waals surface area contributed by atoms with Crippen molar-refractivity contribution in [1.29, 1.82) is 0 Å². The molecule has 1 N–H and O–H groups in total. The highest BCUT2D eigenvalue weighted by Gasteiger charge is 2.13. The Morgan fingerprint density at radius 1 is 1.07 bits per heavy atom. The molecule has 5 heteroatoms. The Morgan fingerprint density at radius 3 is 2.67 bits per heavy atom. The zero-order valence-corrected chi connectivity index (χ0v) is 15.8. The van der Waals surface area contributed by atoms with Crippen LogP contribution in [-0.4, -0.2) is 21.8 Å². The molecule has 0 aliphatic heterocycles. The molecule has 1 aromatic heterocycles. The smallest absolute Gasteiger partial charge is 0.128 e. The van der Waals surface area contributed by atoms with E-state index in [4.69, 9.17) is 16.3 Å². The zero-order chi connectivity index (χ0) is 19.0. The van der Waals surface area contributed by atoms with Gasteiger partial charge in [0.1, 0.15) is 12.1 Å². The average molecular weight is 379 g/mol. The van der Waals surface area contributed by atoms with Gasteiger partial charge in [0.25, 0.3) is 0 Å². The highest BCUT2D eigenvalue weighted by atomic mass is 35.5. The molecule has 3 aromatic carbocycles. The SMILES string of the molecule is COc1cccc(Cl)c1-c1cccc(-n2cnc3cc([C@@H](C)O)ccc32)c1. The second kappa shape index (κ2) is 7.06. The van der Waals surface area contributed by atoms with E-state index in [1.807, 2.05) is 59.2 Å². The Morgan fingerprint density at radius 2 is 1.89 bits per heavy atom. The molecular weight excluding hydrogens is 360 g/mol.